The Balaban J connectivity index is 1.99. The van der Waals surface area contributed by atoms with Crippen LogP contribution in [0.5, 0.6) is 0 Å². The molecule has 0 N–H and O–H groups in total. The van der Waals surface area contributed by atoms with E-state index in [2.05, 4.69) is 31.8 Å². The molecule has 1 atom stereocenters. The zero-order valence-electron chi connectivity index (χ0n) is 13.6. The second-order valence-corrected chi connectivity index (χ2v) is 6.84. The average molecular weight is 305 g/mol. The number of rotatable bonds is 2. The summed E-state index contributed by atoms with van der Waals surface area (Å²) in [5, 5.41) is 9.61. The van der Waals surface area contributed by atoms with E-state index in [0.29, 0.717) is 12.1 Å². The monoisotopic (exact) mass is 305 g/mol. The van der Waals surface area contributed by atoms with E-state index in [-0.39, 0.29) is 11.3 Å². The molecule has 116 valence electrons. The summed E-state index contributed by atoms with van der Waals surface area (Å²) >= 11 is 0. The Morgan fingerprint density at radius 3 is 2.65 bits per heavy atom. The van der Waals surface area contributed by atoms with Crippen LogP contribution in [-0.4, -0.2) is 15.8 Å². The predicted octanol–water partition coefficient (Wildman–Crippen LogP) is 3.60. The van der Waals surface area contributed by atoms with Gasteiger partial charge >= 0.3 is 0 Å². The second kappa shape index (κ2) is 5.51. The quantitative estimate of drug-likeness (QED) is 0.851. The number of hydrogen-bond donors (Lipinski definition) is 0. The Labute approximate surface area is 136 Å². The molecule has 4 nitrogen and oxygen atoms in total. The lowest BCUT2D eigenvalue weighted by atomic mass is 9.85. The van der Waals surface area contributed by atoms with E-state index in [1.165, 1.54) is 0 Å². The lowest BCUT2D eigenvalue weighted by molar-refractivity contribution is 0.0742. The number of hydrogen-bond acceptors (Lipinski definition) is 3. The summed E-state index contributed by atoms with van der Waals surface area (Å²) in [7, 11) is 0. The molecule has 1 aromatic heterocycles. The summed E-state index contributed by atoms with van der Waals surface area (Å²) in [6.45, 7) is 6.72. The molecule has 2 aromatic rings. The number of aromatic nitrogens is 1. The van der Waals surface area contributed by atoms with Gasteiger partial charge in [0.15, 0.2) is 0 Å². The zero-order chi connectivity index (χ0) is 16.6. The molecule has 0 aliphatic carbocycles. The summed E-state index contributed by atoms with van der Waals surface area (Å²) in [5.41, 5.74) is 3.32. The van der Waals surface area contributed by atoms with Gasteiger partial charge in [0.25, 0.3) is 5.91 Å². The van der Waals surface area contributed by atoms with Crippen LogP contribution in [-0.2, 0) is 12.0 Å². The van der Waals surface area contributed by atoms with Crippen molar-refractivity contribution in [2.75, 3.05) is 0 Å². The SMILES string of the molecule is CC(C)(C)c1ccc2c(c1)C(C#N)N(Cc1ccccn1)C2=O. The lowest BCUT2D eigenvalue weighted by Crippen LogP contribution is -2.27. The van der Waals surface area contributed by atoms with E-state index < -0.39 is 6.04 Å². The Bertz CT molecular complexity index is 784. The Hall–Kier alpha value is -2.67. The number of nitrogens with zero attached hydrogens (tertiary/aromatic N) is 3. The van der Waals surface area contributed by atoms with Crippen LogP contribution in [0, 0.1) is 11.3 Å². The molecule has 1 aliphatic heterocycles. The molecular weight excluding hydrogens is 286 g/mol. The number of carbonyl (C=O) groups is 1. The van der Waals surface area contributed by atoms with E-state index in [0.717, 1.165) is 16.8 Å². The summed E-state index contributed by atoms with van der Waals surface area (Å²) in [6.07, 6.45) is 1.70. The van der Waals surface area contributed by atoms with Crippen molar-refractivity contribution in [1.82, 2.24) is 9.88 Å². The molecule has 3 rings (SSSR count). The summed E-state index contributed by atoms with van der Waals surface area (Å²) in [4.78, 5) is 18.5. The molecule has 0 saturated carbocycles. The topological polar surface area (TPSA) is 57.0 Å². The van der Waals surface area contributed by atoms with E-state index >= 15 is 0 Å². The molecule has 23 heavy (non-hydrogen) atoms. The number of carbonyl (C=O) groups excluding carboxylic acids is 1. The third-order valence-corrected chi connectivity index (χ3v) is 4.20. The largest absolute Gasteiger partial charge is 0.313 e. The van der Waals surface area contributed by atoms with Gasteiger partial charge in [0.05, 0.1) is 18.3 Å². The van der Waals surface area contributed by atoms with Crippen molar-refractivity contribution < 1.29 is 4.79 Å². The minimum Gasteiger partial charge on any atom is -0.313 e. The van der Waals surface area contributed by atoms with Crippen LogP contribution in [0.15, 0.2) is 42.6 Å². The van der Waals surface area contributed by atoms with Crippen molar-refractivity contribution in [2.45, 2.75) is 38.8 Å². The molecular formula is C19H19N3O. The maximum Gasteiger partial charge on any atom is 0.255 e. The highest BCUT2D eigenvalue weighted by Gasteiger charge is 2.37. The molecule has 1 aliphatic rings. The first-order chi connectivity index (χ1) is 10.9. The van der Waals surface area contributed by atoms with Crippen LogP contribution in [0.1, 0.15) is 54.0 Å². The summed E-state index contributed by atoms with van der Waals surface area (Å²) in [6, 6.07) is 13.1. The van der Waals surface area contributed by atoms with Gasteiger partial charge in [-0.1, -0.05) is 39.0 Å². The number of amides is 1. The highest BCUT2D eigenvalue weighted by atomic mass is 16.2. The maximum absolute atomic E-state index is 12.7. The van der Waals surface area contributed by atoms with Crippen molar-refractivity contribution in [2.24, 2.45) is 0 Å². The van der Waals surface area contributed by atoms with Crippen LogP contribution < -0.4 is 0 Å². The molecule has 1 unspecified atom stereocenters. The molecule has 4 heteroatoms. The molecule has 0 fully saturated rings. The van der Waals surface area contributed by atoms with E-state index in [1.54, 1.807) is 11.1 Å². The zero-order valence-corrected chi connectivity index (χ0v) is 13.6. The molecule has 1 aromatic carbocycles. The number of pyridine rings is 1. The van der Waals surface area contributed by atoms with Crippen LogP contribution in [0.25, 0.3) is 0 Å². The molecule has 1 amide bonds. The van der Waals surface area contributed by atoms with Crippen molar-refractivity contribution in [3.8, 4) is 6.07 Å². The third kappa shape index (κ3) is 2.70. The van der Waals surface area contributed by atoms with E-state index in [9.17, 15) is 10.1 Å². The smallest absolute Gasteiger partial charge is 0.255 e. The minimum absolute atomic E-state index is 0.0213. The fourth-order valence-electron chi connectivity index (χ4n) is 2.86. The Morgan fingerprint density at radius 1 is 1.26 bits per heavy atom. The van der Waals surface area contributed by atoms with Crippen LogP contribution in [0.2, 0.25) is 0 Å². The van der Waals surface area contributed by atoms with Gasteiger partial charge < -0.3 is 4.90 Å². The van der Waals surface area contributed by atoms with Gasteiger partial charge in [-0.25, -0.2) is 0 Å². The van der Waals surface area contributed by atoms with Gasteiger partial charge in [-0.3, -0.25) is 9.78 Å². The molecule has 0 spiro atoms. The van der Waals surface area contributed by atoms with Crippen LogP contribution >= 0.6 is 0 Å². The standard InChI is InChI=1S/C19H19N3O/c1-19(2,3)13-7-8-15-16(10-13)17(11-20)22(18(15)23)12-14-6-4-5-9-21-14/h4-10,17H,12H2,1-3H3. The molecule has 0 saturated heterocycles. The number of nitriles is 1. The second-order valence-electron chi connectivity index (χ2n) is 6.84. The summed E-state index contributed by atoms with van der Waals surface area (Å²) < 4.78 is 0. The van der Waals surface area contributed by atoms with E-state index in [4.69, 9.17) is 0 Å². The van der Waals surface area contributed by atoms with Gasteiger partial charge in [-0.2, -0.15) is 5.26 Å². The van der Waals surface area contributed by atoms with Gasteiger partial charge in [-0.15, -0.1) is 0 Å². The lowest BCUT2D eigenvalue weighted by Gasteiger charge is -2.21. The average Bonchev–Trinajstić information content (AvgIpc) is 2.79. The van der Waals surface area contributed by atoms with Gasteiger partial charge in [-0.05, 0) is 29.2 Å². The number of benzene rings is 1. The van der Waals surface area contributed by atoms with Crippen LogP contribution in [0.3, 0.4) is 0 Å². The van der Waals surface area contributed by atoms with Gasteiger partial charge in [0.2, 0.25) is 0 Å². The summed E-state index contributed by atoms with van der Waals surface area (Å²) in [5.74, 6) is -0.0994. The molecule has 0 radical (unpaired) electrons. The highest BCUT2D eigenvalue weighted by Crippen LogP contribution is 2.37. The molecule has 2 heterocycles. The van der Waals surface area contributed by atoms with Crippen LogP contribution in [0.4, 0.5) is 0 Å². The normalized spacial score (nSPS) is 17.0. The predicted molar refractivity (Wildman–Crippen MR) is 87.6 cm³/mol. The van der Waals surface area contributed by atoms with Gasteiger partial charge in [0, 0.05) is 17.3 Å². The maximum atomic E-state index is 12.7. The number of fused-ring (bicyclic) bond motifs is 1. The third-order valence-electron chi connectivity index (χ3n) is 4.20. The Kier molecular flexibility index (Phi) is 3.65. The first kappa shape index (κ1) is 15.2. The fourth-order valence-corrected chi connectivity index (χ4v) is 2.86. The van der Waals surface area contributed by atoms with Crippen molar-refractivity contribution in [1.29, 1.82) is 5.26 Å². The van der Waals surface area contributed by atoms with Crippen molar-refractivity contribution in [3.63, 3.8) is 0 Å². The first-order valence-electron chi connectivity index (χ1n) is 7.67. The minimum atomic E-state index is -0.554. The fraction of sp³-hybridized carbons (Fsp3) is 0.316. The highest BCUT2D eigenvalue weighted by molar-refractivity contribution is 5.99. The Morgan fingerprint density at radius 2 is 2.04 bits per heavy atom. The van der Waals surface area contributed by atoms with Crippen molar-refractivity contribution >= 4 is 5.91 Å². The van der Waals surface area contributed by atoms with E-state index in [1.807, 2.05) is 36.4 Å². The van der Waals surface area contributed by atoms with Crippen molar-refractivity contribution in [3.05, 3.63) is 65.0 Å². The van der Waals surface area contributed by atoms with Gasteiger partial charge in [0.1, 0.15) is 6.04 Å². The molecule has 0 bridgehead atoms. The first-order valence-corrected chi connectivity index (χ1v) is 7.67.